The van der Waals surface area contributed by atoms with E-state index >= 15 is 0 Å². The van der Waals surface area contributed by atoms with Crippen LogP contribution in [0.15, 0.2) is 81.7 Å². The number of ether oxygens (including phenoxy) is 4. The molecule has 6 nitrogen and oxygen atoms in total. The fourth-order valence-corrected chi connectivity index (χ4v) is 4.91. The van der Waals surface area contributed by atoms with Crippen LogP contribution in [-0.4, -0.2) is 45.6 Å². The lowest BCUT2D eigenvalue weighted by atomic mass is 9.79. The number of benzene rings is 4. The van der Waals surface area contributed by atoms with Gasteiger partial charge in [0.15, 0.2) is 0 Å². The van der Waals surface area contributed by atoms with Crippen molar-refractivity contribution in [2.75, 3.05) is 28.4 Å². The minimum atomic E-state index is -1.55. The number of hydrogen-bond acceptors (Lipinski definition) is 6. The highest BCUT2D eigenvalue weighted by Gasteiger charge is 2.17. The SMILES string of the molecule is COc1ccc(OC)c(-c2cc(Br)ccc2F)c1.COc1ccc(OC)c(B(O)O)c1.Fc1ccc(Br)cc1I. The second kappa shape index (κ2) is 16.8. The monoisotopic (exact) mass is 792 g/mol. The minimum Gasteiger partial charge on any atom is -0.497 e. The van der Waals surface area contributed by atoms with Crippen LogP contribution >= 0.6 is 54.5 Å². The van der Waals surface area contributed by atoms with Gasteiger partial charge in [-0.05, 0) is 95.4 Å². The van der Waals surface area contributed by atoms with Gasteiger partial charge in [-0.1, -0.05) is 31.9 Å². The summed E-state index contributed by atoms with van der Waals surface area (Å²) in [5.74, 6) is 1.78. The van der Waals surface area contributed by atoms with Gasteiger partial charge in [0, 0.05) is 29.1 Å². The molecule has 212 valence electrons. The molecule has 4 aromatic rings. The largest absolute Gasteiger partial charge is 0.497 e. The Labute approximate surface area is 262 Å². The van der Waals surface area contributed by atoms with Crippen molar-refractivity contribution in [3.05, 3.63) is 96.9 Å². The van der Waals surface area contributed by atoms with E-state index in [9.17, 15) is 8.78 Å². The fourth-order valence-electron chi connectivity index (χ4n) is 3.24. The third kappa shape index (κ3) is 9.91. The van der Waals surface area contributed by atoms with Gasteiger partial charge in [0.2, 0.25) is 0 Å². The van der Waals surface area contributed by atoms with Gasteiger partial charge >= 0.3 is 7.12 Å². The van der Waals surface area contributed by atoms with E-state index < -0.39 is 7.12 Å². The van der Waals surface area contributed by atoms with Crippen LogP contribution in [0.2, 0.25) is 0 Å². The molecule has 2 N–H and O–H groups in total. The highest BCUT2D eigenvalue weighted by atomic mass is 127. The second-order valence-corrected chi connectivity index (χ2v) is 10.7. The smallest absolute Gasteiger partial charge is 0.492 e. The summed E-state index contributed by atoms with van der Waals surface area (Å²) in [6.45, 7) is 0. The topological polar surface area (TPSA) is 77.4 Å². The van der Waals surface area contributed by atoms with Crippen LogP contribution in [0.1, 0.15) is 0 Å². The molecule has 0 unspecified atom stereocenters. The Morgan fingerprint density at radius 3 is 1.65 bits per heavy atom. The Balaban J connectivity index is 0.000000224. The van der Waals surface area contributed by atoms with E-state index in [0.29, 0.717) is 43.2 Å². The molecule has 0 radical (unpaired) electrons. The first-order valence-corrected chi connectivity index (χ1v) is 14.1. The van der Waals surface area contributed by atoms with Crippen LogP contribution in [0.5, 0.6) is 23.0 Å². The zero-order valence-electron chi connectivity index (χ0n) is 21.9. The average Bonchev–Trinajstić information content (AvgIpc) is 2.96. The Kier molecular flexibility index (Phi) is 14.2. The molecule has 0 aliphatic rings. The van der Waals surface area contributed by atoms with Crippen molar-refractivity contribution in [2.45, 2.75) is 0 Å². The molecule has 0 heterocycles. The lowest BCUT2D eigenvalue weighted by Gasteiger charge is -2.11. The second-order valence-electron chi connectivity index (χ2n) is 7.73. The van der Waals surface area contributed by atoms with Crippen LogP contribution in [-0.2, 0) is 0 Å². The van der Waals surface area contributed by atoms with Crippen molar-refractivity contribution >= 4 is 67.0 Å². The van der Waals surface area contributed by atoms with E-state index in [4.69, 9.17) is 29.0 Å². The van der Waals surface area contributed by atoms with Gasteiger partial charge < -0.3 is 29.0 Å². The minimum absolute atomic E-state index is 0.168. The molecule has 0 spiro atoms. The average molecular weight is 794 g/mol. The molecular weight excluding hydrogens is 768 g/mol. The van der Waals surface area contributed by atoms with Gasteiger partial charge in [0.05, 0.1) is 28.4 Å². The molecule has 0 saturated carbocycles. The zero-order chi connectivity index (χ0) is 29.8. The van der Waals surface area contributed by atoms with Crippen molar-refractivity contribution in [3.8, 4) is 34.1 Å². The third-order valence-electron chi connectivity index (χ3n) is 5.22. The molecule has 12 heteroatoms. The van der Waals surface area contributed by atoms with Crippen LogP contribution in [0.3, 0.4) is 0 Å². The van der Waals surface area contributed by atoms with E-state index in [1.54, 1.807) is 68.8 Å². The van der Waals surface area contributed by atoms with Crippen LogP contribution in [0, 0.1) is 15.2 Å². The van der Waals surface area contributed by atoms with Crippen molar-refractivity contribution < 1.29 is 37.8 Å². The van der Waals surface area contributed by atoms with E-state index in [-0.39, 0.29) is 11.6 Å². The summed E-state index contributed by atoms with van der Waals surface area (Å²) in [6.07, 6.45) is 0. The first-order valence-electron chi connectivity index (χ1n) is 11.4. The Hall–Kier alpha value is -2.39. The standard InChI is InChI=1S/C14H12BrFO2.C8H11BO4.C6H3BrFI/c1-17-10-4-6-14(18-2)12(8-10)11-7-9(15)3-5-13(11)16;1-12-6-3-4-8(13-2)7(5-6)9(10)11;7-4-1-2-5(8)6(9)3-4/h3-8H,1-2H3;3-5,10-11H,1-2H3;1-3H. The van der Waals surface area contributed by atoms with E-state index in [1.807, 2.05) is 22.6 Å². The Morgan fingerprint density at radius 2 is 1.15 bits per heavy atom. The van der Waals surface area contributed by atoms with Crippen molar-refractivity contribution in [1.29, 1.82) is 0 Å². The highest BCUT2D eigenvalue weighted by Crippen LogP contribution is 2.36. The lowest BCUT2D eigenvalue weighted by molar-refractivity contribution is 0.395. The quantitative estimate of drug-likeness (QED) is 0.127. The first-order chi connectivity index (χ1) is 19.0. The Bertz CT molecular complexity index is 1410. The van der Waals surface area contributed by atoms with E-state index in [0.717, 1.165) is 8.95 Å². The molecule has 0 aromatic heterocycles. The summed E-state index contributed by atoms with van der Waals surface area (Å²) in [4.78, 5) is 0. The summed E-state index contributed by atoms with van der Waals surface area (Å²) in [5.41, 5.74) is 1.43. The fraction of sp³-hybridized carbons (Fsp3) is 0.143. The van der Waals surface area contributed by atoms with Crippen LogP contribution in [0.25, 0.3) is 11.1 Å². The Morgan fingerprint density at radius 1 is 0.625 bits per heavy atom. The predicted molar refractivity (Wildman–Crippen MR) is 169 cm³/mol. The predicted octanol–water partition coefficient (Wildman–Crippen LogP) is 6.85. The molecule has 4 aromatic carbocycles. The molecule has 0 aliphatic carbocycles. The number of halogens is 5. The van der Waals surface area contributed by atoms with Gasteiger partial charge in [-0.25, -0.2) is 8.78 Å². The molecule has 0 atom stereocenters. The van der Waals surface area contributed by atoms with Gasteiger partial charge in [0.25, 0.3) is 0 Å². The van der Waals surface area contributed by atoms with Crippen molar-refractivity contribution in [1.82, 2.24) is 0 Å². The van der Waals surface area contributed by atoms with E-state index in [1.165, 1.54) is 32.4 Å². The molecular formula is C28H26BBr2F2IO6. The third-order valence-corrected chi connectivity index (χ3v) is 7.04. The molecule has 0 bridgehead atoms. The number of hydrogen-bond donors (Lipinski definition) is 2. The summed E-state index contributed by atoms with van der Waals surface area (Å²) in [5, 5.41) is 18.0. The highest BCUT2D eigenvalue weighted by molar-refractivity contribution is 14.1. The van der Waals surface area contributed by atoms with E-state index in [2.05, 4.69) is 31.9 Å². The van der Waals surface area contributed by atoms with Gasteiger partial charge in [-0.2, -0.15) is 0 Å². The molecule has 4 rings (SSSR count). The lowest BCUT2D eigenvalue weighted by Crippen LogP contribution is -2.31. The summed E-state index contributed by atoms with van der Waals surface area (Å²) in [6, 6.07) is 19.7. The summed E-state index contributed by atoms with van der Waals surface area (Å²) < 4.78 is 49.0. The first kappa shape index (κ1) is 33.8. The van der Waals surface area contributed by atoms with Crippen molar-refractivity contribution in [3.63, 3.8) is 0 Å². The van der Waals surface area contributed by atoms with Gasteiger partial charge in [-0.15, -0.1) is 0 Å². The van der Waals surface area contributed by atoms with Crippen LogP contribution in [0.4, 0.5) is 8.78 Å². The summed E-state index contributed by atoms with van der Waals surface area (Å²) in [7, 11) is 4.55. The van der Waals surface area contributed by atoms with Crippen molar-refractivity contribution in [2.24, 2.45) is 0 Å². The summed E-state index contributed by atoms with van der Waals surface area (Å²) >= 11 is 8.51. The molecule has 0 amide bonds. The maximum atomic E-state index is 13.9. The maximum absolute atomic E-state index is 13.9. The molecule has 0 aliphatic heterocycles. The number of methoxy groups -OCH3 is 4. The molecule has 0 saturated heterocycles. The maximum Gasteiger partial charge on any atom is 0.492 e. The molecule has 0 fully saturated rings. The zero-order valence-corrected chi connectivity index (χ0v) is 27.3. The van der Waals surface area contributed by atoms with Gasteiger partial charge in [-0.3, -0.25) is 0 Å². The molecule has 40 heavy (non-hydrogen) atoms. The van der Waals surface area contributed by atoms with Crippen LogP contribution < -0.4 is 24.4 Å². The number of rotatable bonds is 6. The normalized spacial score (nSPS) is 9.88. The van der Waals surface area contributed by atoms with Gasteiger partial charge in [0.1, 0.15) is 34.6 Å².